The van der Waals surface area contributed by atoms with Gasteiger partial charge in [0, 0.05) is 19.7 Å². The molecule has 1 atom stereocenters. The number of ether oxygens (including phenoxy) is 2. The maximum atomic E-state index is 12.8. The molecule has 0 aliphatic rings. The fraction of sp³-hybridized carbons (Fsp3) is 0.292. The van der Waals surface area contributed by atoms with Gasteiger partial charge >= 0.3 is 5.97 Å². The van der Waals surface area contributed by atoms with E-state index >= 15 is 0 Å². The van der Waals surface area contributed by atoms with Crippen LogP contribution < -0.4 is 5.32 Å². The molecule has 0 fully saturated rings. The van der Waals surface area contributed by atoms with Gasteiger partial charge < -0.3 is 14.8 Å². The third-order valence-electron chi connectivity index (χ3n) is 5.13. The molecule has 3 rings (SSSR count). The number of esters is 1. The smallest absolute Gasteiger partial charge is 0.321 e. The lowest BCUT2D eigenvalue weighted by Crippen LogP contribution is -2.28. The predicted octanol–water partition coefficient (Wildman–Crippen LogP) is 2.54. The van der Waals surface area contributed by atoms with Crippen LogP contribution in [0.3, 0.4) is 0 Å². The number of rotatable bonds is 10. The number of hydrogen-bond acceptors (Lipinski definition) is 7. The van der Waals surface area contributed by atoms with Crippen molar-refractivity contribution in [1.29, 1.82) is 0 Å². The molecule has 0 aliphatic carbocycles. The minimum Gasteiger partial charge on any atom is -0.462 e. The number of carbonyl (C=O) groups is 2. The first kappa shape index (κ1) is 25.1. The van der Waals surface area contributed by atoms with Crippen molar-refractivity contribution in [3.8, 4) is 11.3 Å². The van der Waals surface area contributed by atoms with Crippen LogP contribution in [0.4, 0.5) is 0 Å². The second-order valence-corrected chi connectivity index (χ2v) is 9.63. The highest BCUT2D eigenvalue weighted by Gasteiger charge is 2.22. The van der Waals surface area contributed by atoms with Gasteiger partial charge in [-0.25, -0.2) is 8.42 Å². The first-order valence-electron chi connectivity index (χ1n) is 10.6. The third kappa shape index (κ3) is 6.30. The van der Waals surface area contributed by atoms with E-state index < -0.39 is 27.6 Å². The van der Waals surface area contributed by atoms with Crippen molar-refractivity contribution in [3.63, 3.8) is 0 Å². The molecule has 1 aromatic heterocycles. The van der Waals surface area contributed by atoms with Gasteiger partial charge in [-0.1, -0.05) is 42.5 Å². The zero-order valence-corrected chi connectivity index (χ0v) is 20.0. The molecule has 0 saturated carbocycles. The first-order chi connectivity index (χ1) is 16.2. The van der Waals surface area contributed by atoms with Crippen molar-refractivity contribution in [2.75, 3.05) is 26.1 Å². The summed E-state index contributed by atoms with van der Waals surface area (Å²) in [5.74, 6) is -1.90. The minimum absolute atomic E-state index is 0.00222. The summed E-state index contributed by atoms with van der Waals surface area (Å²) in [7, 11) is -0.696. The van der Waals surface area contributed by atoms with Crippen molar-refractivity contribution in [3.05, 3.63) is 71.9 Å². The molecule has 180 valence electrons. The van der Waals surface area contributed by atoms with E-state index in [-0.39, 0.29) is 24.0 Å². The van der Waals surface area contributed by atoms with Crippen LogP contribution in [0.2, 0.25) is 0 Å². The molecule has 0 saturated heterocycles. The molecule has 0 spiro atoms. The van der Waals surface area contributed by atoms with Gasteiger partial charge in [-0.3, -0.25) is 14.3 Å². The highest BCUT2D eigenvalue weighted by Crippen LogP contribution is 2.20. The molecule has 10 heteroatoms. The van der Waals surface area contributed by atoms with Crippen LogP contribution in [-0.2, 0) is 31.2 Å². The number of carbonyl (C=O) groups excluding carboxylic acids is 2. The second-order valence-electron chi connectivity index (χ2n) is 7.64. The third-order valence-corrected chi connectivity index (χ3v) is 6.73. The normalized spacial score (nSPS) is 12.2. The fourth-order valence-electron chi connectivity index (χ4n) is 3.27. The Labute approximate surface area is 198 Å². The zero-order chi connectivity index (χ0) is 24.7. The monoisotopic (exact) mass is 485 g/mol. The van der Waals surface area contributed by atoms with Crippen LogP contribution in [-0.4, -0.2) is 56.2 Å². The largest absolute Gasteiger partial charge is 0.462 e. The minimum atomic E-state index is -3.85. The number of benzene rings is 2. The molecular formula is C24H27N3O6S. The van der Waals surface area contributed by atoms with Crippen LogP contribution in [0.1, 0.15) is 29.0 Å². The number of nitrogens with one attached hydrogen (secondary N) is 1. The summed E-state index contributed by atoms with van der Waals surface area (Å²) in [5.41, 5.74) is 2.71. The first-order valence-corrected chi connectivity index (χ1v) is 12.2. The van der Waals surface area contributed by atoms with E-state index in [9.17, 15) is 18.0 Å². The molecule has 0 aliphatic heterocycles. The molecule has 1 N–H and O–H groups in total. The van der Waals surface area contributed by atoms with Gasteiger partial charge in [0.2, 0.25) is 0 Å². The van der Waals surface area contributed by atoms with E-state index in [1.165, 1.54) is 23.9 Å². The van der Waals surface area contributed by atoms with Crippen LogP contribution in [0.5, 0.6) is 0 Å². The Morgan fingerprint density at radius 1 is 1.06 bits per heavy atom. The van der Waals surface area contributed by atoms with Gasteiger partial charge in [0.15, 0.2) is 15.6 Å². The quantitative estimate of drug-likeness (QED) is 0.346. The zero-order valence-electron chi connectivity index (χ0n) is 19.2. The topological polar surface area (TPSA) is 117 Å². The van der Waals surface area contributed by atoms with E-state index in [0.29, 0.717) is 17.0 Å². The van der Waals surface area contributed by atoms with Gasteiger partial charge in [-0.15, -0.1) is 0 Å². The number of nitrogens with zero attached hydrogens (tertiary/aromatic N) is 2. The van der Waals surface area contributed by atoms with Crippen LogP contribution >= 0.6 is 0 Å². The molecule has 9 nitrogen and oxygen atoms in total. The summed E-state index contributed by atoms with van der Waals surface area (Å²) in [4.78, 5) is 24.6. The Morgan fingerprint density at radius 2 is 1.74 bits per heavy atom. The number of amides is 1. The summed E-state index contributed by atoms with van der Waals surface area (Å²) in [6, 6.07) is 16.9. The van der Waals surface area contributed by atoms with Crippen molar-refractivity contribution in [1.82, 2.24) is 15.1 Å². The van der Waals surface area contributed by atoms with E-state index in [1.807, 2.05) is 30.3 Å². The summed E-state index contributed by atoms with van der Waals surface area (Å²) >= 11 is 0. The molecule has 0 unspecified atom stereocenters. The molecule has 1 amide bonds. The Bertz CT molecular complexity index is 1240. The van der Waals surface area contributed by atoms with Crippen LogP contribution in [0, 0.1) is 0 Å². The Kier molecular flexibility index (Phi) is 8.19. The lowest BCUT2D eigenvalue weighted by molar-refractivity contribution is -0.141. The number of hydrogen-bond donors (Lipinski definition) is 1. The second kappa shape index (κ2) is 11.1. The number of aromatic nitrogens is 2. The lowest BCUT2D eigenvalue weighted by Gasteiger charge is -2.15. The summed E-state index contributed by atoms with van der Waals surface area (Å²) in [6.45, 7) is 1.98. The van der Waals surface area contributed by atoms with Crippen molar-refractivity contribution >= 4 is 21.7 Å². The number of aryl methyl sites for hydroxylation is 1. The molecule has 34 heavy (non-hydrogen) atoms. The highest BCUT2D eigenvalue weighted by molar-refractivity contribution is 7.92. The van der Waals surface area contributed by atoms with E-state index in [1.54, 1.807) is 32.2 Å². The van der Waals surface area contributed by atoms with Gasteiger partial charge in [0.25, 0.3) is 5.91 Å². The van der Waals surface area contributed by atoms with Crippen LogP contribution in [0.15, 0.2) is 65.6 Å². The fourth-order valence-corrected chi connectivity index (χ4v) is 4.38. The standard InChI is InChI=1S/C24H27N3O6S/c1-17(25-24(29)22-15-21(26-27(22)2)19-7-5-4-6-8-19)18-9-11-20(12-10-18)34(30,31)16-23(28)33-14-13-32-3/h4-12,15,17H,13-14,16H2,1-3H3,(H,25,29)/t17-/m1/s1. The maximum Gasteiger partial charge on any atom is 0.321 e. The van der Waals surface area contributed by atoms with Crippen molar-refractivity contribution in [2.24, 2.45) is 7.05 Å². The van der Waals surface area contributed by atoms with Gasteiger partial charge in [-0.05, 0) is 30.7 Å². The predicted molar refractivity (Wildman–Crippen MR) is 126 cm³/mol. The van der Waals surface area contributed by atoms with Gasteiger partial charge in [0.05, 0.1) is 23.2 Å². The average molecular weight is 486 g/mol. The SMILES string of the molecule is COCCOC(=O)CS(=O)(=O)c1ccc([C@@H](C)NC(=O)c2cc(-c3ccccc3)nn2C)cc1. The molecular weight excluding hydrogens is 458 g/mol. The molecule has 0 bridgehead atoms. The lowest BCUT2D eigenvalue weighted by atomic mass is 10.1. The summed E-state index contributed by atoms with van der Waals surface area (Å²) < 4.78 is 36.0. The summed E-state index contributed by atoms with van der Waals surface area (Å²) in [5, 5.41) is 7.31. The number of sulfone groups is 1. The van der Waals surface area contributed by atoms with Crippen LogP contribution in [0.25, 0.3) is 11.3 Å². The van der Waals surface area contributed by atoms with E-state index in [2.05, 4.69) is 10.4 Å². The Morgan fingerprint density at radius 3 is 2.38 bits per heavy atom. The highest BCUT2D eigenvalue weighted by atomic mass is 32.2. The van der Waals surface area contributed by atoms with Crippen molar-refractivity contribution < 1.29 is 27.5 Å². The number of methoxy groups -OCH3 is 1. The Hall–Kier alpha value is -3.50. The average Bonchev–Trinajstić information content (AvgIpc) is 3.21. The molecule has 0 radical (unpaired) electrons. The summed E-state index contributed by atoms with van der Waals surface area (Å²) in [6.07, 6.45) is 0. The van der Waals surface area contributed by atoms with Gasteiger partial charge in [-0.2, -0.15) is 5.10 Å². The van der Waals surface area contributed by atoms with E-state index in [4.69, 9.17) is 9.47 Å². The van der Waals surface area contributed by atoms with Crippen molar-refractivity contribution in [2.45, 2.75) is 17.9 Å². The van der Waals surface area contributed by atoms with Gasteiger partial charge in [0.1, 0.15) is 12.3 Å². The maximum absolute atomic E-state index is 12.8. The Balaban J connectivity index is 1.65. The molecule has 1 heterocycles. The molecule has 3 aromatic rings. The molecule has 2 aromatic carbocycles. The van der Waals surface area contributed by atoms with E-state index in [0.717, 1.165) is 5.56 Å².